The number of nitriles is 1. The lowest BCUT2D eigenvalue weighted by Gasteiger charge is -2.08. The summed E-state index contributed by atoms with van der Waals surface area (Å²) in [6.45, 7) is -0.116. The molecular formula is C14H10F2N2O. The maximum atomic E-state index is 13.5. The molecule has 0 saturated heterocycles. The molecule has 0 amide bonds. The zero-order chi connectivity index (χ0) is 13.8. The van der Waals surface area contributed by atoms with E-state index in [1.54, 1.807) is 0 Å². The third-order valence-corrected chi connectivity index (χ3v) is 2.52. The summed E-state index contributed by atoms with van der Waals surface area (Å²) in [5, 5.41) is 8.60. The van der Waals surface area contributed by atoms with Crippen LogP contribution >= 0.6 is 0 Å². The van der Waals surface area contributed by atoms with Crippen molar-refractivity contribution in [2.45, 2.75) is 6.61 Å². The van der Waals surface area contributed by atoms with Gasteiger partial charge in [-0.25, -0.2) is 8.78 Å². The molecule has 0 atom stereocenters. The van der Waals surface area contributed by atoms with Crippen LogP contribution in [0, 0.1) is 23.0 Å². The zero-order valence-corrected chi connectivity index (χ0v) is 9.86. The molecule has 96 valence electrons. The quantitative estimate of drug-likeness (QED) is 0.863. The maximum absolute atomic E-state index is 13.5. The molecule has 3 nitrogen and oxygen atoms in total. The van der Waals surface area contributed by atoms with E-state index < -0.39 is 11.6 Å². The first-order valence-corrected chi connectivity index (χ1v) is 5.46. The molecule has 0 aliphatic rings. The summed E-state index contributed by atoms with van der Waals surface area (Å²) in [5.74, 6) is -1.20. The Morgan fingerprint density at radius 3 is 2.53 bits per heavy atom. The van der Waals surface area contributed by atoms with Crippen molar-refractivity contribution in [1.29, 1.82) is 5.26 Å². The Morgan fingerprint density at radius 1 is 1.11 bits per heavy atom. The highest BCUT2D eigenvalue weighted by molar-refractivity contribution is 5.40. The molecule has 0 heterocycles. The molecule has 0 aliphatic heterocycles. The van der Waals surface area contributed by atoms with E-state index >= 15 is 0 Å². The Kier molecular flexibility index (Phi) is 3.62. The van der Waals surface area contributed by atoms with Gasteiger partial charge in [-0.05, 0) is 30.3 Å². The topological polar surface area (TPSA) is 59.0 Å². The van der Waals surface area contributed by atoms with Crippen LogP contribution < -0.4 is 10.5 Å². The van der Waals surface area contributed by atoms with Crippen molar-refractivity contribution in [3.05, 3.63) is 59.2 Å². The van der Waals surface area contributed by atoms with Gasteiger partial charge in [0.1, 0.15) is 12.4 Å². The third-order valence-electron chi connectivity index (χ3n) is 2.52. The van der Waals surface area contributed by atoms with E-state index in [1.807, 2.05) is 6.07 Å². The van der Waals surface area contributed by atoms with E-state index in [9.17, 15) is 8.78 Å². The Bertz CT molecular complexity index is 650. The number of hydrogen-bond acceptors (Lipinski definition) is 3. The molecule has 2 aromatic carbocycles. The Hall–Kier alpha value is -2.61. The van der Waals surface area contributed by atoms with Gasteiger partial charge in [0.25, 0.3) is 0 Å². The van der Waals surface area contributed by atoms with Crippen molar-refractivity contribution < 1.29 is 13.5 Å². The van der Waals surface area contributed by atoms with Crippen LogP contribution in [0.2, 0.25) is 0 Å². The predicted molar refractivity (Wildman–Crippen MR) is 66.3 cm³/mol. The molecule has 2 rings (SSSR count). The van der Waals surface area contributed by atoms with Gasteiger partial charge in [-0.3, -0.25) is 0 Å². The number of ether oxygens (including phenoxy) is 1. The van der Waals surface area contributed by atoms with Crippen LogP contribution in [0.1, 0.15) is 11.1 Å². The van der Waals surface area contributed by atoms with Crippen LogP contribution in [0.3, 0.4) is 0 Å². The van der Waals surface area contributed by atoms with E-state index in [0.29, 0.717) is 5.69 Å². The van der Waals surface area contributed by atoms with Gasteiger partial charge in [0, 0.05) is 11.3 Å². The molecule has 0 bridgehead atoms. The average molecular weight is 260 g/mol. The van der Waals surface area contributed by atoms with Crippen LogP contribution in [-0.2, 0) is 6.61 Å². The van der Waals surface area contributed by atoms with Gasteiger partial charge >= 0.3 is 0 Å². The van der Waals surface area contributed by atoms with Gasteiger partial charge in [-0.1, -0.05) is 6.07 Å². The average Bonchev–Trinajstić information content (AvgIpc) is 2.39. The highest BCUT2D eigenvalue weighted by Gasteiger charge is 2.07. The Balaban J connectivity index is 2.13. The lowest BCUT2D eigenvalue weighted by atomic mass is 10.2. The minimum Gasteiger partial charge on any atom is -0.486 e. The second kappa shape index (κ2) is 5.36. The molecule has 0 fully saturated rings. The number of rotatable bonds is 3. The number of halogens is 2. The number of nitrogens with zero attached hydrogens (tertiary/aromatic N) is 1. The van der Waals surface area contributed by atoms with Gasteiger partial charge in [-0.2, -0.15) is 5.26 Å². The normalized spacial score (nSPS) is 9.95. The number of nitrogens with two attached hydrogens (primary N) is 1. The van der Waals surface area contributed by atoms with Gasteiger partial charge < -0.3 is 10.5 Å². The summed E-state index contributed by atoms with van der Waals surface area (Å²) < 4.78 is 32.2. The Morgan fingerprint density at radius 2 is 1.89 bits per heavy atom. The number of nitrogen functional groups attached to an aromatic ring is 1. The van der Waals surface area contributed by atoms with Crippen molar-refractivity contribution in [2.24, 2.45) is 0 Å². The van der Waals surface area contributed by atoms with Crippen LogP contribution in [0.5, 0.6) is 5.75 Å². The number of anilines is 1. The summed E-state index contributed by atoms with van der Waals surface area (Å²) in [5.41, 5.74) is 6.20. The first kappa shape index (κ1) is 12.8. The zero-order valence-electron chi connectivity index (χ0n) is 9.86. The maximum Gasteiger partial charge on any atom is 0.166 e. The largest absolute Gasteiger partial charge is 0.486 e. The number of benzene rings is 2. The SMILES string of the molecule is N#Cc1ccc(OCc2ccc(N)cc2F)c(F)c1. The van der Waals surface area contributed by atoms with Crippen LogP contribution in [-0.4, -0.2) is 0 Å². The molecule has 0 radical (unpaired) electrons. The lowest BCUT2D eigenvalue weighted by molar-refractivity contribution is 0.285. The molecule has 2 aromatic rings. The van der Waals surface area contributed by atoms with Crippen molar-refractivity contribution in [1.82, 2.24) is 0 Å². The highest BCUT2D eigenvalue weighted by atomic mass is 19.1. The van der Waals surface area contributed by atoms with Crippen molar-refractivity contribution in [3.63, 3.8) is 0 Å². The van der Waals surface area contributed by atoms with Gasteiger partial charge in [0.2, 0.25) is 0 Å². The smallest absolute Gasteiger partial charge is 0.166 e. The minimum atomic E-state index is -0.657. The molecule has 0 aromatic heterocycles. The van der Waals surface area contributed by atoms with E-state index in [-0.39, 0.29) is 23.5 Å². The molecule has 0 unspecified atom stereocenters. The second-order valence-corrected chi connectivity index (χ2v) is 3.90. The van der Waals surface area contributed by atoms with Gasteiger partial charge in [-0.15, -0.1) is 0 Å². The van der Waals surface area contributed by atoms with Crippen LogP contribution in [0.25, 0.3) is 0 Å². The summed E-state index contributed by atoms with van der Waals surface area (Å²) in [6, 6.07) is 9.84. The molecule has 0 saturated carbocycles. The van der Waals surface area contributed by atoms with E-state index in [4.69, 9.17) is 15.7 Å². The molecule has 5 heteroatoms. The standard InChI is InChI=1S/C14H10F2N2O/c15-12-6-11(18)3-2-10(12)8-19-14-4-1-9(7-17)5-13(14)16/h1-6H,8,18H2. The fraction of sp³-hybridized carbons (Fsp3) is 0.0714. The van der Waals surface area contributed by atoms with Crippen molar-refractivity contribution in [3.8, 4) is 11.8 Å². The molecular weight excluding hydrogens is 250 g/mol. The third kappa shape index (κ3) is 2.99. The number of hydrogen-bond donors (Lipinski definition) is 1. The summed E-state index contributed by atoms with van der Waals surface area (Å²) in [6.07, 6.45) is 0. The van der Waals surface area contributed by atoms with E-state index in [2.05, 4.69) is 0 Å². The first-order chi connectivity index (χ1) is 9.10. The molecule has 19 heavy (non-hydrogen) atoms. The van der Waals surface area contributed by atoms with Crippen LogP contribution in [0.15, 0.2) is 36.4 Å². The molecule has 0 aliphatic carbocycles. The Labute approximate surface area is 108 Å². The van der Waals surface area contributed by atoms with Crippen LogP contribution in [0.4, 0.5) is 14.5 Å². The minimum absolute atomic E-state index is 0.0322. The van der Waals surface area contributed by atoms with Crippen molar-refractivity contribution in [2.75, 3.05) is 5.73 Å². The summed E-state index contributed by atoms with van der Waals surface area (Å²) in [7, 11) is 0. The van der Waals surface area contributed by atoms with Crippen molar-refractivity contribution >= 4 is 5.69 Å². The van der Waals surface area contributed by atoms with E-state index in [0.717, 1.165) is 6.07 Å². The first-order valence-electron chi connectivity index (χ1n) is 5.46. The lowest BCUT2D eigenvalue weighted by Crippen LogP contribution is -2.01. The second-order valence-electron chi connectivity index (χ2n) is 3.90. The van der Waals surface area contributed by atoms with Gasteiger partial charge in [0.15, 0.2) is 11.6 Å². The summed E-state index contributed by atoms with van der Waals surface area (Å²) >= 11 is 0. The fourth-order valence-electron chi connectivity index (χ4n) is 1.52. The molecule has 2 N–H and O–H groups in total. The monoisotopic (exact) mass is 260 g/mol. The fourth-order valence-corrected chi connectivity index (χ4v) is 1.52. The highest BCUT2D eigenvalue weighted by Crippen LogP contribution is 2.20. The van der Waals surface area contributed by atoms with Gasteiger partial charge in [0.05, 0.1) is 11.6 Å². The summed E-state index contributed by atoms with van der Waals surface area (Å²) in [4.78, 5) is 0. The predicted octanol–water partition coefficient (Wildman–Crippen LogP) is 3.00. The van der Waals surface area contributed by atoms with E-state index in [1.165, 1.54) is 30.3 Å². The molecule has 0 spiro atoms.